The molecule has 0 spiro atoms. The number of pyridine rings is 1. The fraction of sp³-hybridized carbons (Fsp3) is 0.185. The number of carbonyl (C=O) groups is 1. The third kappa shape index (κ3) is 4.17. The van der Waals surface area contributed by atoms with E-state index in [-0.39, 0.29) is 5.91 Å². The van der Waals surface area contributed by atoms with E-state index in [4.69, 9.17) is 16.6 Å². The molecule has 4 aromatic rings. The Hall–Kier alpha value is -2.69. The van der Waals surface area contributed by atoms with Gasteiger partial charge < -0.3 is 5.32 Å². The highest BCUT2D eigenvalue weighted by molar-refractivity contribution is 9.10. The fourth-order valence-corrected chi connectivity index (χ4v) is 4.77. The molecule has 32 heavy (non-hydrogen) atoms. The van der Waals surface area contributed by atoms with Crippen LogP contribution < -0.4 is 5.32 Å². The minimum absolute atomic E-state index is 0.145. The predicted molar refractivity (Wildman–Crippen MR) is 138 cm³/mol. The molecule has 162 valence electrons. The van der Waals surface area contributed by atoms with Crippen LogP contribution in [0.15, 0.2) is 53.0 Å². The Morgan fingerprint density at radius 3 is 2.41 bits per heavy atom. The van der Waals surface area contributed by atoms with Crippen molar-refractivity contribution in [1.82, 2.24) is 4.98 Å². The lowest BCUT2D eigenvalue weighted by molar-refractivity contribution is 0.102. The van der Waals surface area contributed by atoms with Gasteiger partial charge in [-0.3, -0.25) is 4.79 Å². The van der Waals surface area contributed by atoms with E-state index >= 15 is 0 Å². The summed E-state index contributed by atoms with van der Waals surface area (Å²) in [6, 6.07) is 15.7. The molecule has 4 rings (SSSR count). The minimum Gasteiger partial charge on any atom is -0.322 e. The van der Waals surface area contributed by atoms with Gasteiger partial charge in [0, 0.05) is 26.1 Å². The van der Waals surface area contributed by atoms with Crippen molar-refractivity contribution in [2.45, 2.75) is 34.6 Å². The zero-order valence-electron chi connectivity index (χ0n) is 18.7. The van der Waals surface area contributed by atoms with Gasteiger partial charge in [-0.05, 0) is 87.2 Å². The molecule has 0 unspecified atom stereocenters. The maximum absolute atomic E-state index is 13.7. The molecule has 3 nitrogen and oxygen atoms in total. The Balaban J connectivity index is 1.95. The first-order valence-electron chi connectivity index (χ1n) is 10.4. The fourth-order valence-electron chi connectivity index (χ4n) is 4.12. The van der Waals surface area contributed by atoms with E-state index in [2.05, 4.69) is 27.3 Å². The van der Waals surface area contributed by atoms with Crippen molar-refractivity contribution in [3.05, 3.63) is 91.4 Å². The zero-order valence-corrected chi connectivity index (χ0v) is 21.1. The standard InChI is InChI=1S/C27H24BrClN2O/c1-14-9-17(4)25-21(10-14)24(18(5)26(31-25)19-7-6-8-20(29)13-19)27(32)30-23-12-15(2)22(28)11-16(23)3/h6-13H,1-5H3,(H,30,32). The molecule has 0 atom stereocenters. The monoisotopic (exact) mass is 506 g/mol. The third-order valence-corrected chi connectivity index (χ3v) is 6.84. The van der Waals surface area contributed by atoms with Gasteiger partial charge >= 0.3 is 0 Å². The Kier molecular flexibility index (Phi) is 6.11. The highest BCUT2D eigenvalue weighted by Crippen LogP contribution is 2.34. The van der Waals surface area contributed by atoms with Crippen LogP contribution in [0.1, 0.15) is 38.2 Å². The number of hydrogen-bond acceptors (Lipinski definition) is 2. The van der Waals surface area contributed by atoms with E-state index in [0.29, 0.717) is 10.6 Å². The SMILES string of the molecule is Cc1cc(C)c2nc(-c3cccc(Cl)c3)c(C)c(C(=O)Nc3cc(C)c(Br)cc3C)c2c1. The third-order valence-electron chi connectivity index (χ3n) is 5.75. The Labute approximate surface area is 202 Å². The molecule has 1 aromatic heterocycles. The lowest BCUT2D eigenvalue weighted by Crippen LogP contribution is -2.16. The number of anilines is 1. The summed E-state index contributed by atoms with van der Waals surface area (Å²) in [7, 11) is 0. The van der Waals surface area contributed by atoms with Gasteiger partial charge in [-0.2, -0.15) is 0 Å². The normalized spacial score (nSPS) is 11.1. The van der Waals surface area contributed by atoms with Gasteiger partial charge in [0.1, 0.15) is 0 Å². The van der Waals surface area contributed by atoms with Gasteiger partial charge in [-0.15, -0.1) is 0 Å². The first-order chi connectivity index (χ1) is 15.2. The molecule has 0 radical (unpaired) electrons. The molecule has 5 heteroatoms. The molecule has 1 heterocycles. The van der Waals surface area contributed by atoms with Crippen LogP contribution in [0, 0.1) is 34.6 Å². The van der Waals surface area contributed by atoms with E-state index in [0.717, 1.165) is 60.1 Å². The Morgan fingerprint density at radius 2 is 1.69 bits per heavy atom. The van der Waals surface area contributed by atoms with Crippen LogP contribution in [0.25, 0.3) is 22.2 Å². The number of amides is 1. The number of benzene rings is 3. The number of rotatable bonds is 3. The molecule has 0 fully saturated rings. The summed E-state index contributed by atoms with van der Waals surface area (Å²) in [5, 5.41) is 4.63. The summed E-state index contributed by atoms with van der Waals surface area (Å²) in [4.78, 5) is 18.7. The topological polar surface area (TPSA) is 42.0 Å². The van der Waals surface area contributed by atoms with Crippen LogP contribution in [0.2, 0.25) is 5.02 Å². The molecule has 1 amide bonds. The maximum atomic E-state index is 13.7. The molecule has 1 N–H and O–H groups in total. The Morgan fingerprint density at radius 1 is 0.938 bits per heavy atom. The van der Waals surface area contributed by atoms with Crippen molar-refractivity contribution >= 4 is 50.0 Å². The smallest absolute Gasteiger partial charge is 0.256 e. The van der Waals surface area contributed by atoms with Crippen molar-refractivity contribution in [1.29, 1.82) is 0 Å². The summed E-state index contributed by atoms with van der Waals surface area (Å²) in [6.45, 7) is 10.0. The van der Waals surface area contributed by atoms with Crippen LogP contribution in [0.3, 0.4) is 0 Å². The van der Waals surface area contributed by atoms with E-state index in [1.807, 2.05) is 77.1 Å². The summed E-state index contributed by atoms with van der Waals surface area (Å²) < 4.78 is 1.02. The lowest BCUT2D eigenvalue weighted by Gasteiger charge is -2.18. The molecule has 0 saturated carbocycles. The first kappa shape index (κ1) is 22.5. The van der Waals surface area contributed by atoms with Crippen LogP contribution in [-0.4, -0.2) is 10.9 Å². The number of halogens is 2. The molecular formula is C27H24BrClN2O. The summed E-state index contributed by atoms with van der Waals surface area (Å²) in [5.74, 6) is -0.145. The van der Waals surface area contributed by atoms with Crippen molar-refractivity contribution in [3.63, 3.8) is 0 Å². The quantitative estimate of drug-likeness (QED) is 0.304. The molecule has 0 aliphatic rings. The second-order valence-electron chi connectivity index (χ2n) is 8.32. The van der Waals surface area contributed by atoms with E-state index < -0.39 is 0 Å². The largest absolute Gasteiger partial charge is 0.322 e. The van der Waals surface area contributed by atoms with E-state index in [1.54, 1.807) is 0 Å². The predicted octanol–water partition coefficient (Wildman–Crippen LogP) is 8.11. The molecule has 0 saturated heterocycles. The minimum atomic E-state index is -0.145. The second-order valence-corrected chi connectivity index (χ2v) is 9.61. The second kappa shape index (κ2) is 8.68. The Bertz CT molecular complexity index is 1390. The molecule has 0 aliphatic heterocycles. The van der Waals surface area contributed by atoms with Crippen LogP contribution in [0.4, 0.5) is 5.69 Å². The van der Waals surface area contributed by atoms with Gasteiger partial charge in [0.15, 0.2) is 0 Å². The number of carbonyl (C=O) groups excluding carboxylic acids is 1. The van der Waals surface area contributed by atoms with E-state index in [9.17, 15) is 4.79 Å². The highest BCUT2D eigenvalue weighted by Gasteiger charge is 2.21. The van der Waals surface area contributed by atoms with Gasteiger partial charge in [0.2, 0.25) is 0 Å². The summed E-state index contributed by atoms with van der Waals surface area (Å²) in [6.07, 6.45) is 0. The number of aromatic nitrogens is 1. The van der Waals surface area contributed by atoms with Gasteiger partial charge in [0.05, 0.1) is 16.8 Å². The van der Waals surface area contributed by atoms with Crippen LogP contribution >= 0.6 is 27.5 Å². The number of nitrogens with zero attached hydrogens (tertiary/aromatic N) is 1. The lowest BCUT2D eigenvalue weighted by atomic mass is 9.94. The average molecular weight is 508 g/mol. The van der Waals surface area contributed by atoms with Crippen LogP contribution in [0.5, 0.6) is 0 Å². The molecule has 3 aromatic carbocycles. The molecule has 0 aliphatic carbocycles. The number of nitrogens with one attached hydrogen (secondary N) is 1. The summed E-state index contributed by atoms with van der Waals surface area (Å²) in [5.41, 5.74) is 8.93. The van der Waals surface area contributed by atoms with Gasteiger partial charge in [0.25, 0.3) is 5.91 Å². The van der Waals surface area contributed by atoms with Gasteiger partial charge in [-0.1, -0.05) is 51.3 Å². The average Bonchev–Trinajstić information content (AvgIpc) is 2.71. The summed E-state index contributed by atoms with van der Waals surface area (Å²) >= 11 is 9.82. The van der Waals surface area contributed by atoms with Crippen molar-refractivity contribution < 1.29 is 4.79 Å². The number of aryl methyl sites for hydroxylation is 4. The molecular weight excluding hydrogens is 484 g/mol. The van der Waals surface area contributed by atoms with E-state index in [1.165, 1.54) is 0 Å². The highest BCUT2D eigenvalue weighted by atomic mass is 79.9. The van der Waals surface area contributed by atoms with Gasteiger partial charge in [-0.25, -0.2) is 4.98 Å². The van der Waals surface area contributed by atoms with Crippen molar-refractivity contribution in [2.24, 2.45) is 0 Å². The van der Waals surface area contributed by atoms with Crippen LogP contribution in [-0.2, 0) is 0 Å². The van der Waals surface area contributed by atoms with Crippen molar-refractivity contribution in [3.8, 4) is 11.3 Å². The zero-order chi connectivity index (χ0) is 23.2. The van der Waals surface area contributed by atoms with Crippen molar-refractivity contribution in [2.75, 3.05) is 5.32 Å². The number of fused-ring (bicyclic) bond motifs is 1. The number of hydrogen-bond donors (Lipinski definition) is 1. The first-order valence-corrected chi connectivity index (χ1v) is 11.6. The molecule has 0 bridgehead atoms. The maximum Gasteiger partial charge on any atom is 0.256 e.